The van der Waals surface area contributed by atoms with Crippen molar-refractivity contribution in [3.05, 3.63) is 65.2 Å². The number of para-hydroxylation sites is 1. The number of halogens is 2. The van der Waals surface area contributed by atoms with Crippen LogP contribution >= 0.6 is 0 Å². The Morgan fingerprint density at radius 2 is 1.86 bits per heavy atom. The van der Waals surface area contributed by atoms with Gasteiger partial charge in [0.05, 0.1) is 6.61 Å². The van der Waals surface area contributed by atoms with Crippen molar-refractivity contribution in [2.45, 2.75) is 24.8 Å². The Morgan fingerprint density at radius 3 is 2.62 bits per heavy atom. The van der Waals surface area contributed by atoms with E-state index in [4.69, 9.17) is 10.5 Å². The minimum atomic E-state index is -0.590. The molecule has 0 fully saturated rings. The first-order valence-electron chi connectivity index (χ1n) is 7.07. The van der Waals surface area contributed by atoms with Gasteiger partial charge in [-0.2, -0.15) is 0 Å². The van der Waals surface area contributed by atoms with E-state index in [1.807, 2.05) is 24.3 Å². The number of nitrogens with two attached hydrogens (primary N) is 1. The SMILES string of the molecule is NC(CC1CCOc2ccccc21)c1cc(F)cc(F)c1. The topological polar surface area (TPSA) is 35.2 Å². The van der Waals surface area contributed by atoms with Crippen LogP contribution in [-0.2, 0) is 0 Å². The van der Waals surface area contributed by atoms with Gasteiger partial charge in [-0.1, -0.05) is 18.2 Å². The van der Waals surface area contributed by atoms with E-state index in [-0.39, 0.29) is 5.92 Å². The lowest BCUT2D eigenvalue weighted by atomic mass is 9.86. The Kier molecular flexibility index (Phi) is 3.88. The summed E-state index contributed by atoms with van der Waals surface area (Å²) >= 11 is 0. The van der Waals surface area contributed by atoms with Crippen LogP contribution in [0.1, 0.15) is 35.9 Å². The second-order valence-corrected chi connectivity index (χ2v) is 5.42. The number of fused-ring (bicyclic) bond motifs is 1. The van der Waals surface area contributed by atoms with Gasteiger partial charge >= 0.3 is 0 Å². The fraction of sp³-hybridized carbons (Fsp3) is 0.294. The quantitative estimate of drug-likeness (QED) is 0.929. The zero-order chi connectivity index (χ0) is 14.8. The molecule has 2 aromatic rings. The van der Waals surface area contributed by atoms with Gasteiger partial charge in [0.25, 0.3) is 0 Å². The summed E-state index contributed by atoms with van der Waals surface area (Å²) in [6.07, 6.45) is 1.51. The zero-order valence-corrected chi connectivity index (χ0v) is 11.6. The van der Waals surface area contributed by atoms with E-state index in [2.05, 4.69) is 0 Å². The van der Waals surface area contributed by atoms with E-state index in [0.717, 1.165) is 23.8 Å². The van der Waals surface area contributed by atoms with Crippen LogP contribution in [0.25, 0.3) is 0 Å². The van der Waals surface area contributed by atoms with E-state index < -0.39 is 17.7 Å². The lowest BCUT2D eigenvalue weighted by Crippen LogP contribution is -2.20. The molecule has 0 spiro atoms. The molecule has 3 rings (SSSR count). The van der Waals surface area contributed by atoms with Gasteiger partial charge in [-0.25, -0.2) is 8.78 Å². The van der Waals surface area contributed by atoms with Gasteiger partial charge in [0.2, 0.25) is 0 Å². The molecule has 0 saturated heterocycles. The third-order valence-corrected chi connectivity index (χ3v) is 3.93. The highest BCUT2D eigenvalue weighted by Gasteiger charge is 2.24. The summed E-state index contributed by atoms with van der Waals surface area (Å²) in [5.74, 6) is -0.0525. The van der Waals surface area contributed by atoms with Crippen LogP contribution in [0, 0.1) is 11.6 Å². The third-order valence-electron chi connectivity index (χ3n) is 3.93. The summed E-state index contributed by atoms with van der Waals surface area (Å²) in [6.45, 7) is 0.645. The number of rotatable bonds is 3. The highest BCUT2D eigenvalue weighted by Crippen LogP contribution is 2.38. The van der Waals surface area contributed by atoms with Gasteiger partial charge in [0.1, 0.15) is 17.4 Å². The molecule has 2 N–H and O–H groups in total. The molecule has 2 aromatic carbocycles. The Labute approximate surface area is 122 Å². The summed E-state index contributed by atoms with van der Waals surface area (Å²) in [5.41, 5.74) is 7.76. The van der Waals surface area contributed by atoms with Crippen LogP contribution in [0.3, 0.4) is 0 Å². The van der Waals surface area contributed by atoms with E-state index >= 15 is 0 Å². The Bertz CT molecular complexity index is 624. The summed E-state index contributed by atoms with van der Waals surface area (Å²) in [7, 11) is 0. The van der Waals surface area contributed by atoms with Crippen molar-refractivity contribution in [1.29, 1.82) is 0 Å². The van der Waals surface area contributed by atoms with Crippen molar-refractivity contribution in [1.82, 2.24) is 0 Å². The number of hydrogen-bond acceptors (Lipinski definition) is 2. The third kappa shape index (κ3) is 3.05. The van der Waals surface area contributed by atoms with Gasteiger partial charge in [0.15, 0.2) is 0 Å². The lowest BCUT2D eigenvalue weighted by Gasteiger charge is -2.28. The van der Waals surface area contributed by atoms with Gasteiger partial charge in [0, 0.05) is 12.1 Å². The lowest BCUT2D eigenvalue weighted by molar-refractivity contribution is 0.259. The van der Waals surface area contributed by atoms with E-state index in [1.165, 1.54) is 12.1 Å². The monoisotopic (exact) mass is 289 g/mol. The fourth-order valence-corrected chi connectivity index (χ4v) is 2.89. The zero-order valence-electron chi connectivity index (χ0n) is 11.6. The Balaban J connectivity index is 1.81. The van der Waals surface area contributed by atoms with Crippen molar-refractivity contribution < 1.29 is 13.5 Å². The molecule has 0 bridgehead atoms. The fourth-order valence-electron chi connectivity index (χ4n) is 2.89. The molecule has 110 valence electrons. The summed E-state index contributed by atoms with van der Waals surface area (Å²) in [5, 5.41) is 0. The molecule has 2 unspecified atom stereocenters. The maximum absolute atomic E-state index is 13.3. The molecular weight excluding hydrogens is 272 g/mol. The summed E-state index contributed by atoms with van der Waals surface area (Å²) in [4.78, 5) is 0. The molecule has 0 aliphatic carbocycles. The Hall–Kier alpha value is -1.94. The minimum absolute atomic E-state index is 0.247. The molecule has 2 nitrogen and oxygen atoms in total. The molecule has 2 atom stereocenters. The Morgan fingerprint density at radius 1 is 1.14 bits per heavy atom. The molecule has 1 heterocycles. The first-order valence-corrected chi connectivity index (χ1v) is 7.07. The summed E-state index contributed by atoms with van der Waals surface area (Å²) in [6, 6.07) is 10.9. The molecule has 0 radical (unpaired) electrons. The van der Waals surface area contributed by atoms with Crippen LogP contribution < -0.4 is 10.5 Å². The number of benzene rings is 2. The molecule has 21 heavy (non-hydrogen) atoms. The molecule has 0 aromatic heterocycles. The van der Waals surface area contributed by atoms with Crippen molar-refractivity contribution in [2.24, 2.45) is 5.73 Å². The van der Waals surface area contributed by atoms with Gasteiger partial charge in [-0.15, -0.1) is 0 Å². The molecule has 0 saturated carbocycles. The van der Waals surface area contributed by atoms with Crippen molar-refractivity contribution in [2.75, 3.05) is 6.61 Å². The van der Waals surface area contributed by atoms with Crippen LogP contribution in [0.2, 0.25) is 0 Å². The van der Waals surface area contributed by atoms with Crippen LogP contribution in [0.15, 0.2) is 42.5 Å². The average molecular weight is 289 g/mol. The normalized spacial score (nSPS) is 18.7. The van der Waals surface area contributed by atoms with Gasteiger partial charge in [-0.3, -0.25) is 0 Å². The molecule has 1 aliphatic heterocycles. The summed E-state index contributed by atoms with van der Waals surface area (Å²) < 4.78 is 32.2. The van der Waals surface area contributed by atoms with Crippen molar-refractivity contribution in [3.63, 3.8) is 0 Å². The maximum Gasteiger partial charge on any atom is 0.126 e. The predicted molar refractivity (Wildman–Crippen MR) is 77.2 cm³/mol. The predicted octanol–water partition coefficient (Wildman–Crippen LogP) is 3.92. The molecule has 4 heteroatoms. The van der Waals surface area contributed by atoms with E-state index in [9.17, 15) is 8.78 Å². The van der Waals surface area contributed by atoms with Crippen LogP contribution in [-0.4, -0.2) is 6.61 Å². The highest BCUT2D eigenvalue weighted by atomic mass is 19.1. The number of hydrogen-bond donors (Lipinski definition) is 1. The highest BCUT2D eigenvalue weighted by molar-refractivity contribution is 5.38. The minimum Gasteiger partial charge on any atom is -0.493 e. The largest absolute Gasteiger partial charge is 0.493 e. The standard InChI is InChI=1S/C17H17F2NO/c18-13-7-12(8-14(19)10-13)16(20)9-11-5-6-21-17-4-2-1-3-15(11)17/h1-4,7-8,10-11,16H,5-6,9,20H2. The number of ether oxygens (including phenoxy) is 1. The first-order chi connectivity index (χ1) is 10.1. The van der Waals surface area contributed by atoms with Crippen LogP contribution in [0.5, 0.6) is 5.75 Å². The smallest absolute Gasteiger partial charge is 0.126 e. The van der Waals surface area contributed by atoms with Gasteiger partial charge < -0.3 is 10.5 Å². The maximum atomic E-state index is 13.3. The average Bonchev–Trinajstić information content (AvgIpc) is 2.46. The van der Waals surface area contributed by atoms with Crippen molar-refractivity contribution in [3.8, 4) is 5.75 Å². The van der Waals surface area contributed by atoms with E-state index in [0.29, 0.717) is 18.6 Å². The van der Waals surface area contributed by atoms with Crippen LogP contribution in [0.4, 0.5) is 8.78 Å². The molecule has 1 aliphatic rings. The second-order valence-electron chi connectivity index (χ2n) is 5.42. The van der Waals surface area contributed by atoms with Crippen molar-refractivity contribution >= 4 is 0 Å². The first kappa shape index (κ1) is 14.0. The van der Waals surface area contributed by atoms with E-state index in [1.54, 1.807) is 0 Å². The van der Waals surface area contributed by atoms with Gasteiger partial charge in [-0.05, 0) is 48.1 Å². The molecule has 0 amide bonds. The molecular formula is C17H17F2NO. The second kappa shape index (κ2) is 5.82.